The monoisotopic (exact) mass is 295 g/mol. The van der Waals surface area contributed by atoms with Crippen LogP contribution in [0.4, 0.5) is 0 Å². The van der Waals surface area contributed by atoms with Crippen molar-refractivity contribution in [3.05, 3.63) is 78.0 Å². The maximum Gasteiger partial charge on any atom is 0.336 e. The Morgan fingerprint density at radius 1 is 0.727 bits per heavy atom. The van der Waals surface area contributed by atoms with Gasteiger partial charge >= 0.3 is 11.9 Å². The minimum absolute atomic E-state index is 0.190. The van der Waals surface area contributed by atoms with Crippen LogP contribution in [0.25, 0.3) is 10.9 Å². The molecular formula is C17H13NO4. The van der Waals surface area contributed by atoms with Crippen LogP contribution in [-0.2, 0) is 0 Å². The maximum absolute atomic E-state index is 10.5. The molecule has 2 aromatic carbocycles. The van der Waals surface area contributed by atoms with Gasteiger partial charge in [-0.2, -0.15) is 0 Å². The summed E-state index contributed by atoms with van der Waals surface area (Å²) in [5.74, 6) is -2.46. The largest absolute Gasteiger partial charge is 0.478 e. The smallest absolute Gasteiger partial charge is 0.336 e. The van der Waals surface area contributed by atoms with Crippen LogP contribution in [-0.4, -0.2) is 27.1 Å². The Morgan fingerprint density at radius 2 is 1.23 bits per heavy atom. The third-order valence-electron chi connectivity index (χ3n) is 2.90. The first-order chi connectivity index (χ1) is 10.6. The van der Waals surface area contributed by atoms with E-state index in [1.807, 2.05) is 30.5 Å². The maximum atomic E-state index is 10.5. The van der Waals surface area contributed by atoms with E-state index in [2.05, 4.69) is 17.1 Å². The van der Waals surface area contributed by atoms with Crippen molar-refractivity contribution in [1.82, 2.24) is 4.98 Å². The number of pyridine rings is 1. The van der Waals surface area contributed by atoms with Gasteiger partial charge in [0.05, 0.1) is 16.6 Å². The lowest BCUT2D eigenvalue weighted by molar-refractivity contribution is 0.0651. The van der Waals surface area contributed by atoms with Gasteiger partial charge < -0.3 is 10.2 Å². The average molecular weight is 295 g/mol. The molecule has 0 aliphatic carbocycles. The van der Waals surface area contributed by atoms with Crippen LogP contribution in [0.15, 0.2) is 66.9 Å². The third-order valence-corrected chi connectivity index (χ3v) is 2.90. The SMILES string of the molecule is O=C(O)c1ccccc1C(=O)O.c1ccc2ncccc2c1. The van der Waals surface area contributed by atoms with E-state index in [-0.39, 0.29) is 11.1 Å². The fourth-order valence-electron chi connectivity index (χ4n) is 1.87. The van der Waals surface area contributed by atoms with Crippen molar-refractivity contribution in [2.45, 2.75) is 0 Å². The number of nitrogens with zero attached hydrogens (tertiary/aromatic N) is 1. The summed E-state index contributed by atoms with van der Waals surface area (Å²) in [6.45, 7) is 0. The van der Waals surface area contributed by atoms with Gasteiger partial charge in [-0.05, 0) is 24.3 Å². The van der Waals surface area contributed by atoms with Crippen molar-refractivity contribution in [3.8, 4) is 0 Å². The molecule has 0 saturated carbocycles. The molecular weight excluding hydrogens is 282 g/mol. The molecule has 110 valence electrons. The first-order valence-electron chi connectivity index (χ1n) is 6.45. The summed E-state index contributed by atoms with van der Waals surface area (Å²) in [6.07, 6.45) is 1.81. The van der Waals surface area contributed by atoms with Crippen molar-refractivity contribution >= 4 is 22.8 Å². The van der Waals surface area contributed by atoms with Gasteiger partial charge in [-0.3, -0.25) is 4.98 Å². The number of carboxylic acids is 2. The average Bonchev–Trinajstić information content (AvgIpc) is 2.55. The summed E-state index contributed by atoms with van der Waals surface area (Å²) in [5, 5.41) is 18.3. The number of fused-ring (bicyclic) bond motifs is 1. The summed E-state index contributed by atoms with van der Waals surface area (Å²) in [4.78, 5) is 25.1. The highest BCUT2D eigenvalue weighted by atomic mass is 16.4. The van der Waals surface area contributed by atoms with E-state index in [1.54, 1.807) is 0 Å². The second-order valence-corrected chi connectivity index (χ2v) is 4.35. The molecule has 5 heteroatoms. The molecule has 0 aliphatic rings. The van der Waals surface area contributed by atoms with Crippen LogP contribution in [0.2, 0.25) is 0 Å². The van der Waals surface area contributed by atoms with Crippen LogP contribution in [0, 0.1) is 0 Å². The molecule has 3 rings (SSSR count). The Hall–Kier alpha value is -3.21. The fourth-order valence-corrected chi connectivity index (χ4v) is 1.87. The van der Waals surface area contributed by atoms with E-state index in [0.717, 1.165) is 5.52 Å². The number of rotatable bonds is 2. The number of hydrogen-bond acceptors (Lipinski definition) is 3. The van der Waals surface area contributed by atoms with E-state index in [1.165, 1.54) is 29.7 Å². The number of aromatic nitrogens is 1. The van der Waals surface area contributed by atoms with Gasteiger partial charge in [0, 0.05) is 11.6 Å². The number of carbonyl (C=O) groups is 2. The lowest BCUT2D eigenvalue weighted by Gasteiger charge is -1.98. The first-order valence-corrected chi connectivity index (χ1v) is 6.45. The molecule has 0 atom stereocenters. The zero-order valence-electron chi connectivity index (χ0n) is 11.5. The van der Waals surface area contributed by atoms with Crippen LogP contribution < -0.4 is 0 Å². The van der Waals surface area contributed by atoms with Crippen molar-refractivity contribution in [2.24, 2.45) is 0 Å². The minimum Gasteiger partial charge on any atom is -0.478 e. The summed E-state index contributed by atoms with van der Waals surface area (Å²) in [7, 11) is 0. The van der Waals surface area contributed by atoms with Crippen molar-refractivity contribution < 1.29 is 19.8 Å². The van der Waals surface area contributed by atoms with Gasteiger partial charge in [-0.25, -0.2) is 9.59 Å². The summed E-state index contributed by atoms with van der Waals surface area (Å²) >= 11 is 0. The second kappa shape index (κ2) is 6.99. The molecule has 2 N–H and O–H groups in total. The van der Waals surface area contributed by atoms with Crippen molar-refractivity contribution in [3.63, 3.8) is 0 Å². The second-order valence-electron chi connectivity index (χ2n) is 4.35. The van der Waals surface area contributed by atoms with E-state index >= 15 is 0 Å². The number of benzene rings is 2. The summed E-state index contributed by atoms with van der Waals surface area (Å²) in [6, 6.07) is 17.6. The summed E-state index contributed by atoms with van der Waals surface area (Å²) in [5.41, 5.74) is 0.681. The highest BCUT2D eigenvalue weighted by Crippen LogP contribution is 2.08. The lowest BCUT2D eigenvalue weighted by atomic mass is 10.1. The van der Waals surface area contributed by atoms with Gasteiger partial charge in [0.25, 0.3) is 0 Å². The first kappa shape index (κ1) is 15.2. The van der Waals surface area contributed by atoms with E-state index in [4.69, 9.17) is 10.2 Å². The third kappa shape index (κ3) is 3.67. The molecule has 1 heterocycles. The van der Waals surface area contributed by atoms with Crippen molar-refractivity contribution in [2.75, 3.05) is 0 Å². The lowest BCUT2D eigenvalue weighted by Crippen LogP contribution is -2.06. The van der Waals surface area contributed by atoms with Gasteiger partial charge in [0.15, 0.2) is 0 Å². The molecule has 0 bridgehead atoms. The quantitative estimate of drug-likeness (QED) is 0.757. The normalized spacial score (nSPS) is 9.64. The van der Waals surface area contributed by atoms with Gasteiger partial charge in [-0.15, -0.1) is 0 Å². The molecule has 22 heavy (non-hydrogen) atoms. The van der Waals surface area contributed by atoms with Crippen LogP contribution >= 0.6 is 0 Å². The Kier molecular flexibility index (Phi) is 4.82. The van der Waals surface area contributed by atoms with Crippen molar-refractivity contribution in [1.29, 1.82) is 0 Å². The number of hydrogen-bond donors (Lipinski definition) is 2. The standard InChI is InChI=1S/C9H7N.C8H6O4/c1-2-6-9-8(4-1)5-3-7-10-9;9-7(10)5-3-1-2-4-6(5)8(11)12/h1-7H;1-4H,(H,9,10)(H,11,12). The fraction of sp³-hybridized carbons (Fsp3) is 0. The Labute approximate surface area is 126 Å². The topological polar surface area (TPSA) is 87.5 Å². The summed E-state index contributed by atoms with van der Waals surface area (Å²) < 4.78 is 0. The highest BCUT2D eigenvalue weighted by molar-refractivity contribution is 6.01. The molecule has 0 fully saturated rings. The van der Waals surface area contributed by atoms with E-state index in [0.29, 0.717) is 0 Å². The molecule has 0 unspecified atom stereocenters. The molecule has 1 aromatic heterocycles. The van der Waals surface area contributed by atoms with Crippen LogP contribution in [0.5, 0.6) is 0 Å². The molecule has 0 aliphatic heterocycles. The zero-order valence-corrected chi connectivity index (χ0v) is 11.5. The number of aromatic carboxylic acids is 2. The Balaban J connectivity index is 0.000000162. The van der Waals surface area contributed by atoms with E-state index in [9.17, 15) is 9.59 Å². The predicted octanol–water partition coefficient (Wildman–Crippen LogP) is 3.32. The molecule has 0 amide bonds. The minimum atomic E-state index is -1.23. The van der Waals surface area contributed by atoms with Gasteiger partial charge in [-0.1, -0.05) is 36.4 Å². The molecule has 0 radical (unpaired) electrons. The zero-order chi connectivity index (χ0) is 15.9. The van der Waals surface area contributed by atoms with Crippen LogP contribution in [0.3, 0.4) is 0 Å². The molecule has 0 spiro atoms. The predicted molar refractivity (Wildman–Crippen MR) is 82.1 cm³/mol. The highest BCUT2D eigenvalue weighted by Gasteiger charge is 2.13. The van der Waals surface area contributed by atoms with Crippen LogP contribution in [0.1, 0.15) is 20.7 Å². The number of para-hydroxylation sites is 1. The van der Waals surface area contributed by atoms with Gasteiger partial charge in [0.1, 0.15) is 0 Å². The van der Waals surface area contributed by atoms with E-state index < -0.39 is 11.9 Å². The Morgan fingerprint density at radius 3 is 1.77 bits per heavy atom. The Bertz CT molecular complexity index is 716. The van der Waals surface area contributed by atoms with Gasteiger partial charge in [0.2, 0.25) is 0 Å². The molecule has 0 saturated heterocycles. The molecule has 5 nitrogen and oxygen atoms in total. The number of carboxylic acid groups (broad SMARTS) is 2. The molecule has 3 aromatic rings.